The Kier molecular flexibility index (Phi) is 4.98. The summed E-state index contributed by atoms with van der Waals surface area (Å²) in [6.45, 7) is 4.35. The van der Waals surface area contributed by atoms with Crippen molar-refractivity contribution in [3.8, 4) is 5.75 Å². The van der Waals surface area contributed by atoms with Crippen LogP contribution in [0.15, 0.2) is 36.7 Å². The largest absolute Gasteiger partial charge is 0.494 e. The summed E-state index contributed by atoms with van der Waals surface area (Å²) >= 11 is 0. The summed E-state index contributed by atoms with van der Waals surface area (Å²) in [5, 5.41) is 0. The molecule has 19 heavy (non-hydrogen) atoms. The molecule has 0 unspecified atom stereocenters. The van der Waals surface area contributed by atoms with Gasteiger partial charge in [0.1, 0.15) is 11.6 Å². The molecule has 2 aromatic rings. The normalized spacial score (nSPS) is 10.6. The highest BCUT2D eigenvalue weighted by Crippen LogP contribution is 2.12. The summed E-state index contributed by atoms with van der Waals surface area (Å²) in [4.78, 5) is 4.30. The Hall–Kier alpha value is -1.81. The van der Waals surface area contributed by atoms with Gasteiger partial charge in [0.05, 0.1) is 6.61 Å². The predicted molar refractivity (Wildman–Crippen MR) is 76.1 cm³/mol. The van der Waals surface area contributed by atoms with E-state index in [1.165, 1.54) is 0 Å². The van der Waals surface area contributed by atoms with E-state index in [9.17, 15) is 0 Å². The molecule has 0 saturated carbocycles. The molecule has 0 bridgehead atoms. The van der Waals surface area contributed by atoms with Crippen molar-refractivity contribution in [2.75, 3.05) is 6.61 Å². The first-order valence-electron chi connectivity index (χ1n) is 6.75. The average molecular weight is 259 g/mol. The summed E-state index contributed by atoms with van der Waals surface area (Å²) in [7, 11) is 0. The molecule has 0 radical (unpaired) electrons. The van der Waals surface area contributed by atoms with Crippen LogP contribution in [0.4, 0.5) is 0 Å². The van der Waals surface area contributed by atoms with Crippen LogP contribution in [0.1, 0.15) is 24.7 Å². The summed E-state index contributed by atoms with van der Waals surface area (Å²) in [6, 6.07) is 7.94. The lowest BCUT2D eigenvalue weighted by Crippen LogP contribution is -2.06. The zero-order valence-electron chi connectivity index (χ0n) is 11.4. The lowest BCUT2D eigenvalue weighted by Gasteiger charge is -2.08. The molecular formula is C15H21N3O. The molecule has 0 aliphatic heterocycles. The van der Waals surface area contributed by atoms with Crippen LogP contribution in [0.2, 0.25) is 0 Å². The number of ether oxygens (including phenoxy) is 1. The average Bonchev–Trinajstić information content (AvgIpc) is 2.91. The monoisotopic (exact) mass is 259 g/mol. The van der Waals surface area contributed by atoms with Crippen molar-refractivity contribution in [1.29, 1.82) is 0 Å². The van der Waals surface area contributed by atoms with Crippen molar-refractivity contribution in [1.82, 2.24) is 9.55 Å². The minimum absolute atomic E-state index is 0.570. The summed E-state index contributed by atoms with van der Waals surface area (Å²) < 4.78 is 7.88. The lowest BCUT2D eigenvalue weighted by atomic mass is 10.2. The molecule has 0 aliphatic rings. The second-order valence-electron chi connectivity index (χ2n) is 4.44. The quantitative estimate of drug-likeness (QED) is 0.777. The first kappa shape index (κ1) is 13.6. The molecule has 0 amide bonds. The van der Waals surface area contributed by atoms with E-state index >= 15 is 0 Å². The number of aromatic nitrogens is 2. The third-order valence-corrected chi connectivity index (χ3v) is 3.09. The number of hydrogen-bond acceptors (Lipinski definition) is 3. The van der Waals surface area contributed by atoms with Gasteiger partial charge in [0, 0.05) is 31.9 Å². The Morgan fingerprint density at radius 2 is 2.05 bits per heavy atom. The van der Waals surface area contributed by atoms with Gasteiger partial charge in [-0.1, -0.05) is 19.1 Å². The van der Waals surface area contributed by atoms with Crippen LogP contribution in [0.3, 0.4) is 0 Å². The number of rotatable bonds is 7. The molecule has 0 fully saturated rings. The Bertz CT molecular complexity index is 490. The third-order valence-electron chi connectivity index (χ3n) is 3.09. The van der Waals surface area contributed by atoms with E-state index in [2.05, 4.69) is 16.5 Å². The van der Waals surface area contributed by atoms with Crippen LogP contribution in [0, 0.1) is 0 Å². The van der Waals surface area contributed by atoms with E-state index in [1.807, 2.05) is 36.7 Å². The van der Waals surface area contributed by atoms with Crippen molar-refractivity contribution in [2.45, 2.75) is 32.9 Å². The van der Waals surface area contributed by atoms with Gasteiger partial charge >= 0.3 is 0 Å². The van der Waals surface area contributed by atoms with Gasteiger partial charge in [0.15, 0.2) is 0 Å². The number of hydrogen-bond donors (Lipinski definition) is 1. The van der Waals surface area contributed by atoms with Crippen molar-refractivity contribution < 1.29 is 4.74 Å². The maximum Gasteiger partial charge on any atom is 0.119 e. The van der Waals surface area contributed by atoms with Crippen LogP contribution in [0.25, 0.3) is 0 Å². The Labute approximate surface area is 114 Å². The maximum atomic E-state index is 5.70. The van der Waals surface area contributed by atoms with Crippen LogP contribution in [-0.2, 0) is 19.5 Å². The van der Waals surface area contributed by atoms with Crippen molar-refractivity contribution in [3.05, 3.63) is 48.0 Å². The van der Waals surface area contributed by atoms with Crippen molar-refractivity contribution >= 4 is 0 Å². The minimum Gasteiger partial charge on any atom is -0.494 e. The molecule has 4 nitrogen and oxygen atoms in total. The van der Waals surface area contributed by atoms with Gasteiger partial charge in [-0.3, -0.25) is 0 Å². The van der Waals surface area contributed by atoms with E-state index in [0.29, 0.717) is 13.2 Å². The van der Waals surface area contributed by atoms with Gasteiger partial charge in [-0.05, 0) is 24.1 Å². The van der Waals surface area contributed by atoms with Crippen molar-refractivity contribution in [3.63, 3.8) is 0 Å². The predicted octanol–water partition coefficient (Wildman–Crippen LogP) is 2.37. The van der Waals surface area contributed by atoms with E-state index in [1.54, 1.807) is 0 Å². The highest BCUT2D eigenvalue weighted by molar-refractivity contribution is 5.26. The highest BCUT2D eigenvalue weighted by Gasteiger charge is 2.00. The fourth-order valence-electron chi connectivity index (χ4n) is 2.00. The fraction of sp³-hybridized carbons (Fsp3) is 0.400. The number of imidazole rings is 1. The number of nitrogens with zero attached hydrogens (tertiary/aromatic N) is 2. The summed E-state index contributed by atoms with van der Waals surface area (Å²) in [6.07, 6.45) is 5.82. The molecule has 4 heteroatoms. The molecule has 0 spiro atoms. The van der Waals surface area contributed by atoms with Gasteiger partial charge in [-0.15, -0.1) is 0 Å². The maximum absolute atomic E-state index is 5.70. The Balaban J connectivity index is 1.74. The molecule has 0 atom stereocenters. The molecule has 2 N–H and O–H groups in total. The summed E-state index contributed by atoms with van der Waals surface area (Å²) in [5.74, 6) is 2.03. The Morgan fingerprint density at radius 3 is 2.74 bits per heavy atom. The van der Waals surface area contributed by atoms with Gasteiger partial charge in [-0.25, -0.2) is 4.98 Å². The Morgan fingerprint density at radius 1 is 1.26 bits per heavy atom. The van der Waals surface area contributed by atoms with Gasteiger partial charge in [-0.2, -0.15) is 0 Å². The lowest BCUT2D eigenvalue weighted by molar-refractivity contribution is 0.301. The first-order chi connectivity index (χ1) is 9.33. The van der Waals surface area contributed by atoms with Gasteiger partial charge in [0.2, 0.25) is 0 Å². The number of nitrogens with two attached hydrogens (primary N) is 1. The number of aryl methyl sites for hydroxylation is 2. The second-order valence-corrected chi connectivity index (χ2v) is 4.44. The van der Waals surface area contributed by atoms with Crippen LogP contribution < -0.4 is 10.5 Å². The standard InChI is InChI=1S/C15H21N3O/c1-2-15-17-8-10-18(15)9-3-11-19-14-6-4-13(12-16)5-7-14/h4-8,10H,2-3,9,11-12,16H2,1H3. The molecule has 0 aliphatic carbocycles. The van der Waals surface area contributed by atoms with E-state index < -0.39 is 0 Å². The van der Waals surface area contributed by atoms with Crippen LogP contribution >= 0.6 is 0 Å². The van der Waals surface area contributed by atoms with Crippen LogP contribution in [0.5, 0.6) is 5.75 Å². The SMILES string of the molecule is CCc1nccn1CCCOc1ccc(CN)cc1. The third kappa shape index (κ3) is 3.83. The smallest absolute Gasteiger partial charge is 0.119 e. The molecular weight excluding hydrogens is 238 g/mol. The zero-order valence-corrected chi connectivity index (χ0v) is 11.4. The van der Waals surface area contributed by atoms with E-state index in [-0.39, 0.29) is 0 Å². The molecule has 1 aromatic carbocycles. The summed E-state index contributed by atoms with van der Waals surface area (Å²) in [5.41, 5.74) is 6.68. The van der Waals surface area contributed by atoms with Crippen LogP contribution in [-0.4, -0.2) is 16.2 Å². The molecule has 1 heterocycles. The molecule has 2 rings (SSSR count). The van der Waals surface area contributed by atoms with E-state index in [4.69, 9.17) is 10.5 Å². The molecule has 1 aromatic heterocycles. The molecule has 0 saturated heterocycles. The number of benzene rings is 1. The topological polar surface area (TPSA) is 53.1 Å². The van der Waals surface area contributed by atoms with Gasteiger partial charge < -0.3 is 15.0 Å². The van der Waals surface area contributed by atoms with Crippen molar-refractivity contribution in [2.24, 2.45) is 5.73 Å². The van der Waals surface area contributed by atoms with Gasteiger partial charge in [0.25, 0.3) is 0 Å². The second kappa shape index (κ2) is 6.95. The zero-order chi connectivity index (χ0) is 13.5. The highest BCUT2D eigenvalue weighted by atomic mass is 16.5. The van der Waals surface area contributed by atoms with E-state index in [0.717, 1.165) is 36.5 Å². The minimum atomic E-state index is 0.570. The first-order valence-corrected chi connectivity index (χ1v) is 6.75. The molecule has 102 valence electrons. The fourth-order valence-corrected chi connectivity index (χ4v) is 2.00.